The van der Waals surface area contributed by atoms with Gasteiger partial charge in [0.1, 0.15) is 0 Å². The van der Waals surface area contributed by atoms with Gasteiger partial charge in [0, 0.05) is 18.8 Å². The molecule has 31 heavy (non-hydrogen) atoms. The molecule has 0 spiro atoms. The minimum absolute atomic E-state index is 0.147. The van der Waals surface area contributed by atoms with Gasteiger partial charge in [-0.2, -0.15) is 33.6 Å². The fourth-order valence-electron chi connectivity index (χ4n) is 2.49. The van der Waals surface area contributed by atoms with Crippen LogP contribution in [0.25, 0.3) is 0 Å². The van der Waals surface area contributed by atoms with Crippen LogP contribution in [0, 0.1) is 0 Å². The summed E-state index contributed by atoms with van der Waals surface area (Å²) in [6.45, 7) is 0.842. The molecule has 0 atom stereocenters. The average molecular weight is 427 g/mol. The van der Waals surface area contributed by atoms with Gasteiger partial charge in [-0.05, 0) is 79.2 Å². The molecule has 6 nitrogen and oxygen atoms in total. The highest BCUT2D eigenvalue weighted by atomic mass is 19.4. The van der Waals surface area contributed by atoms with Crippen molar-refractivity contribution in [3.05, 3.63) is 78.4 Å². The summed E-state index contributed by atoms with van der Waals surface area (Å²) < 4.78 is 37.7. The lowest BCUT2D eigenvalue weighted by Crippen LogP contribution is -2.03. The Hall–Kier alpha value is -3.59. The molecule has 0 aliphatic rings. The molecule has 0 aromatic heterocycles. The number of nitrogens with one attached hydrogen (secondary N) is 1. The number of benzene rings is 3. The summed E-state index contributed by atoms with van der Waals surface area (Å²) in [4.78, 5) is 0. The molecule has 0 fully saturated rings. The zero-order valence-corrected chi connectivity index (χ0v) is 16.4. The van der Waals surface area contributed by atoms with E-state index < -0.39 is 11.7 Å². The van der Waals surface area contributed by atoms with Crippen LogP contribution < -0.4 is 5.32 Å². The van der Waals surface area contributed by atoms with E-state index in [1.807, 2.05) is 24.3 Å². The van der Waals surface area contributed by atoms with E-state index in [0.29, 0.717) is 35.7 Å². The number of aliphatic hydroxyl groups excluding tert-OH is 1. The third-order valence-corrected chi connectivity index (χ3v) is 4.14. The van der Waals surface area contributed by atoms with E-state index in [-0.39, 0.29) is 6.61 Å². The SMILES string of the molecule is OCCCNc1ccc(/N=N/c2ccc(/N=N/c3ccc(C(F)(F)F)cc3)cc2)cc1. The summed E-state index contributed by atoms with van der Waals surface area (Å²) >= 11 is 0. The van der Waals surface area contributed by atoms with Crippen molar-refractivity contribution >= 4 is 28.4 Å². The van der Waals surface area contributed by atoms with Gasteiger partial charge in [-0.25, -0.2) is 0 Å². The summed E-state index contributed by atoms with van der Waals surface area (Å²) in [6.07, 6.45) is -3.69. The molecule has 3 aromatic rings. The Balaban J connectivity index is 1.56. The van der Waals surface area contributed by atoms with Gasteiger partial charge in [0.25, 0.3) is 0 Å². The average Bonchev–Trinajstić information content (AvgIpc) is 2.78. The number of aliphatic hydroxyl groups is 1. The lowest BCUT2D eigenvalue weighted by atomic mass is 10.2. The molecule has 160 valence electrons. The largest absolute Gasteiger partial charge is 0.416 e. The van der Waals surface area contributed by atoms with Gasteiger partial charge in [-0.15, -0.1) is 0 Å². The number of nitrogens with zero attached hydrogens (tertiary/aromatic N) is 4. The highest BCUT2D eigenvalue weighted by molar-refractivity contribution is 5.52. The van der Waals surface area contributed by atoms with Crippen LogP contribution in [0.15, 0.2) is 93.3 Å². The van der Waals surface area contributed by atoms with Crippen LogP contribution in [0.5, 0.6) is 0 Å². The molecule has 0 heterocycles. The Kier molecular flexibility index (Phi) is 7.45. The lowest BCUT2D eigenvalue weighted by Gasteiger charge is -2.05. The van der Waals surface area contributed by atoms with E-state index >= 15 is 0 Å². The molecule has 9 heteroatoms. The fraction of sp³-hybridized carbons (Fsp3) is 0.182. The van der Waals surface area contributed by atoms with E-state index in [2.05, 4.69) is 25.8 Å². The molecule has 0 bridgehead atoms. The molecule has 3 aromatic carbocycles. The molecule has 0 unspecified atom stereocenters. The second-order valence-corrected chi connectivity index (χ2v) is 6.51. The second kappa shape index (κ2) is 10.4. The molecule has 0 radical (unpaired) electrons. The monoisotopic (exact) mass is 427 g/mol. The van der Waals surface area contributed by atoms with E-state index in [4.69, 9.17) is 5.11 Å². The van der Waals surface area contributed by atoms with Crippen LogP contribution in [0.4, 0.5) is 41.6 Å². The fourth-order valence-corrected chi connectivity index (χ4v) is 2.49. The maximum absolute atomic E-state index is 12.6. The van der Waals surface area contributed by atoms with Gasteiger partial charge < -0.3 is 10.4 Å². The first-order valence-corrected chi connectivity index (χ1v) is 9.50. The maximum atomic E-state index is 12.6. The predicted molar refractivity (Wildman–Crippen MR) is 113 cm³/mol. The first kappa shape index (κ1) is 22.1. The quantitative estimate of drug-likeness (QED) is 0.291. The minimum atomic E-state index is -4.38. The second-order valence-electron chi connectivity index (χ2n) is 6.51. The predicted octanol–water partition coefficient (Wildman–Crippen LogP) is 7.33. The van der Waals surface area contributed by atoms with Crippen LogP contribution >= 0.6 is 0 Å². The van der Waals surface area contributed by atoms with Gasteiger partial charge in [0.15, 0.2) is 0 Å². The number of halogens is 3. The van der Waals surface area contributed by atoms with E-state index in [0.717, 1.165) is 17.8 Å². The molecule has 0 aliphatic carbocycles. The summed E-state index contributed by atoms with van der Waals surface area (Å²) in [6, 6.07) is 18.7. The number of azo groups is 2. The van der Waals surface area contributed by atoms with Crippen LogP contribution in [0.3, 0.4) is 0 Å². The third kappa shape index (κ3) is 7.00. The van der Waals surface area contributed by atoms with Crippen molar-refractivity contribution in [3.8, 4) is 0 Å². The topological polar surface area (TPSA) is 81.7 Å². The Morgan fingerprint density at radius 2 is 1.03 bits per heavy atom. The van der Waals surface area contributed by atoms with Crippen molar-refractivity contribution in [2.24, 2.45) is 20.5 Å². The number of rotatable bonds is 8. The van der Waals surface area contributed by atoms with Crippen LogP contribution in [0.2, 0.25) is 0 Å². The van der Waals surface area contributed by atoms with Crippen molar-refractivity contribution in [3.63, 3.8) is 0 Å². The molecule has 0 aliphatic heterocycles. The van der Waals surface area contributed by atoms with Gasteiger partial charge in [0.05, 0.1) is 28.3 Å². The Morgan fingerprint density at radius 3 is 1.42 bits per heavy atom. The third-order valence-electron chi connectivity index (χ3n) is 4.14. The number of anilines is 1. The number of alkyl halides is 3. The Bertz CT molecular complexity index is 1020. The van der Waals surface area contributed by atoms with Crippen LogP contribution in [0.1, 0.15) is 12.0 Å². The van der Waals surface area contributed by atoms with E-state index in [1.165, 1.54) is 12.1 Å². The number of hydrogen-bond acceptors (Lipinski definition) is 6. The van der Waals surface area contributed by atoms with Crippen molar-refractivity contribution in [1.29, 1.82) is 0 Å². The summed E-state index contributed by atoms with van der Waals surface area (Å²) in [5.74, 6) is 0. The summed E-state index contributed by atoms with van der Waals surface area (Å²) in [5, 5.41) is 28.3. The Morgan fingerprint density at radius 1 is 0.645 bits per heavy atom. The normalized spacial score (nSPS) is 12.0. The molecule has 2 N–H and O–H groups in total. The maximum Gasteiger partial charge on any atom is 0.416 e. The zero-order chi connectivity index (χ0) is 22.1. The van der Waals surface area contributed by atoms with Crippen molar-refractivity contribution in [2.45, 2.75) is 12.6 Å². The standard InChI is InChI=1S/C22H20F3N5O/c23-22(24,25)16-2-4-18(5-3-16)27-29-20-10-12-21(13-11-20)30-28-19-8-6-17(7-9-19)26-14-1-15-31/h2-13,26,31H,1,14-15H2/b29-27+,30-28+. The minimum Gasteiger partial charge on any atom is -0.396 e. The molecule has 0 amide bonds. The summed E-state index contributed by atoms with van der Waals surface area (Å²) in [5.41, 5.74) is 2.39. The smallest absolute Gasteiger partial charge is 0.396 e. The molecule has 3 rings (SSSR count). The number of hydrogen-bond donors (Lipinski definition) is 2. The zero-order valence-electron chi connectivity index (χ0n) is 16.4. The highest BCUT2D eigenvalue weighted by Crippen LogP contribution is 2.31. The van der Waals surface area contributed by atoms with Crippen LogP contribution in [-0.4, -0.2) is 18.3 Å². The van der Waals surface area contributed by atoms with E-state index in [1.54, 1.807) is 24.3 Å². The molecule has 0 saturated carbocycles. The lowest BCUT2D eigenvalue weighted by molar-refractivity contribution is -0.137. The molecule has 0 saturated heterocycles. The van der Waals surface area contributed by atoms with Gasteiger partial charge in [0.2, 0.25) is 0 Å². The van der Waals surface area contributed by atoms with Crippen LogP contribution in [-0.2, 0) is 6.18 Å². The van der Waals surface area contributed by atoms with Crippen molar-refractivity contribution < 1.29 is 18.3 Å². The molecular formula is C22H20F3N5O. The van der Waals surface area contributed by atoms with Gasteiger partial charge in [-0.1, -0.05) is 0 Å². The van der Waals surface area contributed by atoms with Gasteiger partial charge >= 0.3 is 6.18 Å². The highest BCUT2D eigenvalue weighted by Gasteiger charge is 2.29. The van der Waals surface area contributed by atoms with Crippen molar-refractivity contribution in [1.82, 2.24) is 0 Å². The van der Waals surface area contributed by atoms with Crippen molar-refractivity contribution in [2.75, 3.05) is 18.5 Å². The van der Waals surface area contributed by atoms with E-state index in [9.17, 15) is 13.2 Å². The summed E-state index contributed by atoms with van der Waals surface area (Å²) in [7, 11) is 0. The molecular weight excluding hydrogens is 407 g/mol. The Labute approximate surface area is 177 Å². The first-order chi connectivity index (χ1) is 14.9. The van der Waals surface area contributed by atoms with Gasteiger partial charge in [-0.3, -0.25) is 0 Å². The first-order valence-electron chi connectivity index (χ1n) is 9.50.